The molecule has 0 saturated carbocycles. The Kier molecular flexibility index (Phi) is 5.20. The minimum absolute atomic E-state index is 0.0907. The third-order valence-corrected chi connectivity index (χ3v) is 2.42. The van der Waals surface area contributed by atoms with Crippen LogP contribution in [-0.4, -0.2) is 47.2 Å². The predicted octanol–water partition coefficient (Wildman–Crippen LogP) is 0.988. The topological polar surface area (TPSA) is 77.8 Å². The van der Waals surface area contributed by atoms with E-state index in [2.05, 4.69) is 0 Å². The van der Waals surface area contributed by atoms with E-state index in [0.717, 1.165) is 12.1 Å². The lowest BCUT2D eigenvalue weighted by atomic mass is 10.1. The molecule has 0 bridgehead atoms. The molecule has 1 rings (SSSR count). The summed E-state index contributed by atoms with van der Waals surface area (Å²) in [5, 5.41) is 17.2. The van der Waals surface area contributed by atoms with Crippen LogP contribution in [0.5, 0.6) is 0 Å². The fourth-order valence-electron chi connectivity index (χ4n) is 1.44. The van der Waals surface area contributed by atoms with E-state index in [1.807, 2.05) is 0 Å². The quantitative estimate of drug-likeness (QED) is 0.780. The lowest BCUT2D eigenvalue weighted by molar-refractivity contribution is -0.131. The highest BCUT2D eigenvalue weighted by Gasteiger charge is 2.15. The number of nitrogens with zero attached hydrogens (tertiary/aromatic N) is 1. The maximum Gasteiger partial charge on any atom is 0.328 e. The Hall–Kier alpha value is -2.21. The molecule has 0 saturated heterocycles. The van der Waals surface area contributed by atoms with Gasteiger partial charge in [0.05, 0.1) is 12.2 Å². The molecule has 1 aromatic carbocycles. The van der Waals surface area contributed by atoms with Crippen molar-refractivity contribution in [3.8, 4) is 0 Å². The van der Waals surface area contributed by atoms with Crippen molar-refractivity contribution in [2.24, 2.45) is 0 Å². The molecular weight excluding hydrogens is 253 g/mol. The SMILES string of the molecule is CN(CCO)C(=O)c1cc(C=CC(=O)O)ccc1F. The lowest BCUT2D eigenvalue weighted by Crippen LogP contribution is -2.30. The molecule has 19 heavy (non-hydrogen) atoms. The van der Waals surface area contributed by atoms with Crippen molar-refractivity contribution >= 4 is 18.0 Å². The van der Waals surface area contributed by atoms with E-state index in [1.165, 1.54) is 30.2 Å². The normalized spacial score (nSPS) is 10.7. The van der Waals surface area contributed by atoms with Crippen LogP contribution in [0.25, 0.3) is 6.08 Å². The summed E-state index contributed by atoms with van der Waals surface area (Å²) in [4.78, 5) is 23.5. The van der Waals surface area contributed by atoms with Crippen molar-refractivity contribution in [1.29, 1.82) is 0 Å². The van der Waals surface area contributed by atoms with Gasteiger partial charge in [-0.05, 0) is 23.8 Å². The Labute approximate surface area is 109 Å². The summed E-state index contributed by atoms with van der Waals surface area (Å²) in [7, 11) is 1.44. The van der Waals surface area contributed by atoms with Gasteiger partial charge < -0.3 is 15.1 Å². The summed E-state index contributed by atoms with van der Waals surface area (Å²) in [6.45, 7) is -0.129. The van der Waals surface area contributed by atoms with Crippen LogP contribution in [-0.2, 0) is 4.79 Å². The molecule has 0 aliphatic rings. The molecule has 0 atom stereocenters. The fourth-order valence-corrected chi connectivity index (χ4v) is 1.44. The van der Waals surface area contributed by atoms with Crippen LogP contribution >= 0.6 is 0 Å². The molecule has 102 valence electrons. The number of likely N-dealkylation sites (N-methyl/N-ethyl adjacent to an activating group) is 1. The van der Waals surface area contributed by atoms with E-state index in [1.54, 1.807) is 0 Å². The van der Waals surface area contributed by atoms with Crippen molar-refractivity contribution in [1.82, 2.24) is 4.90 Å². The number of aliphatic hydroxyl groups is 1. The number of hydrogen-bond acceptors (Lipinski definition) is 3. The fraction of sp³-hybridized carbons (Fsp3) is 0.231. The van der Waals surface area contributed by atoms with Crippen LogP contribution in [0.1, 0.15) is 15.9 Å². The molecule has 1 amide bonds. The number of aliphatic hydroxyl groups excluding tert-OH is 1. The highest BCUT2D eigenvalue weighted by atomic mass is 19.1. The van der Waals surface area contributed by atoms with E-state index in [-0.39, 0.29) is 18.7 Å². The second-order valence-electron chi connectivity index (χ2n) is 3.86. The molecule has 0 aliphatic heterocycles. The Morgan fingerprint density at radius 2 is 2.11 bits per heavy atom. The second kappa shape index (κ2) is 6.65. The van der Waals surface area contributed by atoms with Crippen molar-refractivity contribution in [2.45, 2.75) is 0 Å². The van der Waals surface area contributed by atoms with Crippen molar-refractivity contribution in [2.75, 3.05) is 20.2 Å². The van der Waals surface area contributed by atoms with E-state index >= 15 is 0 Å². The number of carboxylic acids is 1. The monoisotopic (exact) mass is 267 g/mol. The number of rotatable bonds is 5. The summed E-state index contributed by atoms with van der Waals surface area (Å²) in [6, 6.07) is 3.74. The number of carbonyl (C=O) groups excluding carboxylic acids is 1. The highest BCUT2D eigenvalue weighted by molar-refractivity contribution is 5.95. The number of amides is 1. The molecule has 6 heteroatoms. The van der Waals surface area contributed by atoms with Gasteiger partial charge in [-0.2, -0.15) is 0 Å². The molecule has 0 heterocycles. The Morgan fingerprint density at radius 3 is 2.68 bits per heavy atom. The van der Waals surface area contributed by atoms with Gasteiger partial charge in [0.25, 0.3) is 5.91 Å². The molecule has 0 spiro atoms. The third kappa shape index (κ3) is 4.18. The summed E-state index contributed by atoms with van der Waals surface area (Å²) in [5.74, 6) is -2.39. The van der Waals surface area contributed by atoms with Gasteiger partial charge in [-0.3, -0.25) is 4.79 Å². The number of hydrogen-bond donors (Lipinski definition) is 2. The zero-order valence-corrected chi connectivity index (χ0v) is 10.3. The van der Waals surface area contributed by atoms with Crippen molar-refractivity contribution < 1.29 is 24.2 Å². The van der Waals surface area contributed by atoms with Crippen molar-refractivity contribution in [3.05, 3.63) is 41.2 Å². The first kappa shape index (κ1) is 14.8. The van der Waals surface area contributed by atoms with Gasteiger partial charge in [-0.15, -0.1) is 0 Å². The smallest absolute Gasteiger partial charge is 0.328 e. The van der Waals surface area contributed by atoms with Gasteiger partial charge in [0, 0.05) is 19.7 Å². The first-order valence-electron chi connectivity index (χ1n) is 5.52. The Bertz CT molecular complexity index is 513. The molecule has 0 aromatic heterocycles. The second-order valence-corrected chi connectivity index (χ2v) is 3.86. The van der Waals surface area contributed by atoms with Gasteiger partial charge in [0.1, 0.15) is 5.82 Å². The van der Waals surface area contributed by atoms with Gasteiger partial charge in [0.2, 0.25) is 0 Å². The number of benzene rings is 1. The van der Waals surface area contributed by atoms with E-state index in [9.17, 15) is 14.0 Å². The van der Waals surface area contributed by atoms with E-state index in [4.69, 9.17) is 10.2 Å². The number of aliphatic carboxylic acids is 1. The first-order valence-corrected chi connectivity index (χ1v) is 5.52. The van der Waals surface area contributed by atoms with Gasteiger partial charge in [-0.1, -0.05) is 6.07 Å². The molecule has 0 radical (unpaired) electrons. The van der Waals surface area contributed by atoms with Crippen LogP contribution in [0.4, 0.5) is 4.39 Å². The molecule has 0 fully saturated rings. The standard InChI is InChI=1S/C13H14FNO4/c1-15(6-7-16)13(19)10-8-9(2-4-11(10)14)3-5-12(17)18/h2-5,8,16H,6-7H2,1H3,(H,17,18). The molecule has 0 unspecified atom stereocenters. The summed E-state index contributed by atoms with van der Waals surface area (Å²) in [5.41, 5.74) is 0.244. The van der Waals surface area contributed by atoms with E-state index < -0.39 is 17.7 Å². The van der Waals surface area contributed by atoms with Crippen molar-refractivity contribution in [3.63, 3.8) is 0 Å². The van der Waals surface area contributed by atoms with Gasteiger partial charge in [0.15, 0.2) is 0 Å². The zero-order chi connectivity index (χ0) is 14.4. The van der Waals surface area contributed by atoms with E-state index in [0.29, 0.717) is 5.56 Å². The maximum absolute atomic E-state index is 13.6. The molecule has 2 N–H and O–H groups in total. The largest absolute Gasteiger partial charge is 0.478 e. The number of halogens is 1. The predicted molar refractivity (Wildman–Crippen MR) is 67.1 cm³/mol. The molecule has 0 aliphatic carbocycles. The summed E-state index contributed by atoms with van der Waals surface area (Å²) >= 11 is 0. The minimum atomic E-state index is -1.13. The van der Waals surface area contributed by atoms with Crippen LogP contribution in [0, 0.1) is 5.82 Å². The average molecular weight is 267 g/mol. The number of carbonyl (C=O) groups is 2. The maximum atomic E-state index is 13.6. The minimum Gasteiger partial charge on any atom is -0.478 e. The third-order valence-electron chi connectivity index (χ3n) is 2.42. The number of carboxylic acid groups (broad SMARTS) is 1. The zero-order valence-electron chi connectivity index (χ0n) is 10.3. The highest BCUT2D eigenvalue weighted by Crippen LogP contribution is 2.14. The van der Waals surface area contributed by atoms with Crippen LogP contribution in [0.15, 0.2) is 24.3 Å². The van der Waals surface area contributed by atoms with Gasteiger partial charge >= 0.3 is 5.97 Å². The van der Waals surface area contributed by atoms with Crippen LogP contribution in [0.3, 0.4) is 0 Å². The average Bonchev–Trinajstić information content (AvgIpc) is 2.37. The molecular formula is C13H14FNO4. The van der Waals surface area contributed by atoms with Gasteiger partial charge in [-0.25, -0.2) is 9.18 Å². The van der Waals surface area contributed by atoms with Crippen LogP contribution in [0.2, 0.25) is 0 Å². The lowest BCUT2D eigenvalue weighted by Gasteiger charge is -2.16. The molecule has 1 aromatic rings. The Morgan fingerprint density at radius 1 is 1.42 bits per heavy atom. The Balaban J connectivity index is 3.03. The first-order chi connectivity index (χ1) is 8.95. The van der Waals surface area contributed by atoms with Crippen LogP contribution < -0.4 is 0 Å². The summed E-state index contributed by atoms with van der Waals surface area (Å²) in [6.07, 6.45) is 2.17. The summed E-state index contributed by atoms with van der Waals surface area (Å²) < 4.78 is 13.6. The molecule has 5 nitrogen and oxygen atoms in total.